The van der Waals surface area contributed by atoms with E-state index in [0.29, 0.717) is 23.6 Å². The van der Waals surface area contributed by atoms with E-state index in [1.54, 1.807) is 0 Å². The maximum Gasteiger partial charge on any atom is 0.148 e. The molecule has 3 nitrogen and oxygen atoms in total. The minimum absolute atomic E-state index is 0.224. The maximum atomic E-state index is 11.4. The molecule has 0 N–H and O–H groups in total. The van der Waals surface area contributed by atoms with E-state index in [1.807, 2.05) is 0 Å². The summed E-state index contributed by atoms with van der Waals surface area (Å²) in [7, 11) is -2.86. The van der Waals surface area contributed by atoms with E-state index < -0.39 is 9.84 Å². The highest BCUT2D eigenvalue weighted by atomic mass is 32.2. The molecule has 1 heterocycles. The van der Waals surface area contributed by atoms with Gasteiger partial charge in [0.15, 0.2) is 0 Å². The Hall–Kier alpha value is -0.0900. The number of sulfone groups is 1. The standard InChI is InChI=1S/C12H25NO2S/c1-9(2)11-6-12(8-16(5,14)15)13(7-11)10(3)4/h9-12H,6-8H2,1-5H3. The Morgan fingerprint density at radius 3 is 2.19 bits per heavy atom. The topological polar surface area (TPSA) is 37.4 Å². The van der Waals surface area contributed by atoms with Crippen molar-refractivity contribution in [1.82, 2.24) is 4.90 Å². The van der Waals surface area contributed by atoms with Crippen LogP contribution in [0.15, 0.2) is 0 Å². The zero-order valence-corrected chi connectivity index (χ0v) is 11.9. The highest BCUT2D eigenvalue weighted by Crippen LogP contribution is 2.30. The smallest absolute Gasteiger partial charge is 0.148 e. The molecule has 1 saturated heterocycles. The lowest BCUT2D eigenvalue weighted by Gasteiger charge is -2.27. The Bertz CT molecular complexity index is 322. The Morgan fingerprint density at radius 2 is 1.81 bits per heavy atom. The molecule has 0 aromatic rings. The van der Waals surface area contributed by atoms with Crippen LogP contribution in [0.5, 0.6) is 0 Å². The van der Waals surface area contributed by atoms with E-state index in [0.717, 1.165) is 13.0 Å². The first-order valence-corrected chi connectivity index (χ1v) is 8.20. The van der Waals surface area contributed by atoms with Crippen LogP contribution in [0, 0.1) is 11.8 Å². The molecule has 0 aromatic carbocycles. The number of hydrogen-bond donors (Lipinski definition) is 0. The van der Waals surface area contributed by atoms with Crippen LogP contribution in [-0.4, -0.2) is 44.0 Å². The first kappa shape index (κ1) is 14.0. The maximum absolute atomic E-state index is 11.4. The fourth-order valence-corrected chi connectivity index (χ4v) is 3.63. The molecule has 96 valence electrons. The molecule has 16 heavy (non-hydrogen) atoms. The van der Waals surface area contributed by atoms with Gasteiger partial charge in [-0.15, -0.1) is 0 Å². The Labute approximate surface area is 100 Å². The molecular formula is C12H25NO2S. The number of nitrogens with zero attached hydrogens (tertiary/aromatic N) is 1. The van der Waals surface area contributed by atoms with Crippen LogP contribution in [-0.2, 0) is 9.84 Å². The number of likely N-dealkylation sites (tertiary alicyclic amines) is 1. The van der Waals surface area contributed by atoms with E-state index in [2.05, 4.69) is 32.6 Å². The molecule has 0 radical (unpaired) electrons. The molecule has 0 amide bonds. The van der Waals surface area contributed by atoms with Crippen LogP contribution in [0.4, 0.5) is 0 Å². The van der Waals surface area contributed by atoms with Gasteiger partial charge in [0.25, 0.3) is 0 Å². The largest absolute Gasteiger partial charge is 0.297 e. The van der Waals surface area contributed by atoms with Gasteiger partial charge in [-0.05, 0) is 32.1 Å². The quantitative estimate of drug-likeness (QED) is 0.760. The second-order valence-electron chi connectivity index (χ2n) is 5.78. The van der Waals surface area contributed by atoms with Crippen molar-refractivity contribution in [1.29, 1.82) is 0 Å². The Kier molecular flexibility index (Phi) is 4.41. The van der Waals surface area contributed by atoms with Crippen molar-refractivity contribution in [3.05, 3.63) is 0 Å². The molecule has 0 saturated carbocycles. The predicted octanol–water partition coefficient (Wildman–Crippen LogP) is 1.79. The van der Waals surface area contributed by atoms with Crippen molar-refractivity contribution in [2.24, 2.45) is 11.8 Å². The average Bonchev–Trinajstić information content (AvgIpc) is 2.44. The summed E-state index contributed by atoms with van der Waals surface area (Å²) in [6, 6.07) is 0.665. The summed E-state index contributed by atoms with van der Waals surface area (Å²) in [4.78, 5) is 2.35. The zero-order valence-electron chi connectivity index (χ0n) is 11.1. The van der Waals surface area contributed by atoms with Crippen LogP contribution in [0.25, 0.3) is 0 Å². The molecule has 0 aliphatic carbocycles. The van der Waals surface area contributed by atoms with Gasteiger partial charge in [0.05, 0.1) is 5.75 Å². The summed E-state index contributed by atoms with van der Waals surface area (Å²) in [6.07, 6.45) is 2.37. The van der Waals surface area contributed by atoms with Gasteiger partial charge in [0.1, 0.15) is 9.84 Å². The van der Waals surface area contributed by atoms with Gasteiger partial charge in [-0.25, -0.2) is 8.42 Å². The minimum Gasteiger partial charge on any atom is -0.297 e. The molecule has 1 rings (SSSR count). The number of hydrogen-bond acceptors (Lipinski definition) is 3. The fraction of sp³-hybridized carbons (Fsp3) is 1.00. The lowest BCUT2D eigenvalue weighted by molar-refractivity contribution is 0.209. The molecule has 4 heteroatoms. The van der Waals surface area contributed by atoms with Crippen LogP contribution in [0.1, 0.15) is 34.1 Å². The SMILES string of the molecule is CC(C)C1CC(CS(C)(=O)=O)N(C(C)C)C1. The zero-order chi connectivity index (χ0) is 12.5. The lowest BCUT2D eigenvalue weighted by Crippen LogP contribution is -2.39. The summed E-state index contributed by atoms with van der Waals surface area (Å²) in [5, 5.41) is 0. The van der Waals surface area contributed by atoms with E-state index >= 15 is 0 Å². The van der Waals surface area contributed by atoms with Crippen molar-refractivity contribution in [3.63, 3.8) is 0 Å². The summed E-state index contributed by atoms with van der Waals surface area (Å²) in [5.41, 5.74) is 0. The van der Waals surface area contributed by atoms with Crippen LogP contribution in [0.3, 0.4) is 0 Å². The average molecular weight is 247 g/mol. The summed E-state index contributed by atoms with van der Waals surface area (Å²) in [5.74, 6) is 1.61. The van der Waals surface area contributed by atoms with Crippen LogP contribution in [0.2, 0.25) is 0 Å². The van der Waals surface area contributed by atoms with Crippen LogP contribution < -0.4 is 0 Å². The van der Waals surface area contributed by atoms with Gasteiger partial charge in [-0.3, -0.25) is 4.90 Å². The molecule has 2 atom stereocenters. The van der Waals surface area contributed by atoms with Crippen molar-refractivity contribution >= 4 is 9.84 Å². The lowest BCUT2D eigenvalue weighted by atomic mass is 9.94. The molecule has 0 bridgehead atoms. The van der Waals surface area contributed by atoms with Gasteiger partial charge in [0.2, 0.25) is 0 Å². The molecule has 0 spiro atoms. The molecule has 1 aliphatic heterocycles. The van der Waals surface area contributed by atoms with E-state index in [4.69, 9.17) is 0 Å². The summed E-state index contributed by atoms with van der Waals surface area (Å²) in [6.45, 7) is 9.81. The van der Waals surface area contributed by atoms with Crippen LogP contribution >= 0.6 is 0 Å². The van der Waals surface area contributed by atoms with Crippen molar-refractivity contribution in [2.45, 2.75) is 46.2 Å². The fourth-order valence-electron chi connectivity index (χ4n) is 2.61. The summed E-state index contributed by atoms with van der Waals surface area (Å²) >= 11 is 0. The molecule has 2 unspecified atom stereocenters. The second kappa shape index (κ2) is 5.05. The summed E-state index contributed by atoms with van der Waals surface area (Å²) < 4.78 is 22.8. The van der Waals surface area contributed by atoms with Crippen molar-refractivity contribution < 1.29 is 8.42 Å². The molecule has 1 fully saturated rings. The Morgan fingerprint density at radius 1 is 1.25 bits per heavy atom. The first-order valence-electron chi connectivity index (χ1n) is 6.14. The highest BCUT2D eigenvalue weighted by molar-refractivity contribution is 7.90. The predicted molar refractivity (Wildman–Crippen MR) is 68.3 cm³/mol. The monoisotopic (exact) mass is 247 g/mol. The Balaban J connectivity index is 2.74. The third-order valence-electron chi connectivity index (χ3n) is 3.59. The van der Waals surface area contributed by atoms with Crippen molar-refractivity contribution in [3.8, 4) is 0 Å². The second-order valence-corrected chi connectivity index (χ2v) is 7.96. The molecular weight excluding hydrogens is 222 g/mol. The number of rotatable bonds is 4. The van der Waals surface area contributed by atoms with E-state index in [9.17, 15) is 8.42 Å². The first-order chi connectivity index (χ1) is 7.20. The van der Waals surface area contributed by atoms with E-state index in [1.165, 1.54) is 6.26 Å². The minimum atomic E-state index is -2.86. The van der Waals surface area contributed by atoms with E-state index in [-0.39, 0.29) is 6.04 Å². The third kappa shape index (κ3) is 3.74. The van der Waals surface area contributed by atoms with Gasteiger partial charge in [-0.1, -0.05) is 13.8 Å². The highest BCUT2D eigenvalue weighted by Gasteiger charge is 2.36. The van der Waals surface area contributed by atoms with Gasteiger partial charge in [0, 0.05) is 24.9 Å². The normalized spacial score (nSPS) is 28.2. The van der Waals surface area contributed by atoms with Gasteiger partial charge < -0.3 is 0 Å². The van der Waals surface area contributed by atoms with Gasteiger partial charge in [-0.2, -0.15) is 0 Å². The molecule has 1 aliphatic rings. The van der Waals surface area contributed by atoms with Gasteiger partial charge >= 0.3 is 0 Å². The molecule has 0 aromatic heterocycles. The van der Waals surface area contributed by atoms with Crippen molar-refractivity contribution in [2.75, 3.05) is 18.6 Å². The third-order valence-corrected chi connectivity index (χ3v) is 4.58.